The van der Waals surface area contributed by atoms with Crippen LogP contribution in [-0.2, 0) is 9.59 Å². The third-order valence-corrected chi connectivity index (χ3v) is 6.23. The molecule has 1 aliphatic heterocycles. The summed E-state index contributed by atoms with van der Waals surface area (Å²) in [7, 11) is 0. The van der Waals surface area contributed by atoms with Gasteiger partial charge in [-0.1, -0.05) is 46.9 Å². The van der Waals surface area contributed by atoms with Gasteiger partial charge in [-0.2, -0.15) is 0 Å². The highest BCUT2D eigenvalue weighted by Gasteiger charge is 2.39. The Kier molecular flexibility index (Phi) is 6.66. The van der Waals surface area contributed by atoms with Crippen LogP contribution in [0.25, 0.3) is 0 Å². The smallest absolute Gasteiger partial charge is 0.283 e. The molecule has 0 radical (unpaired) electrons. The summed E-state index contributed by atoms with van der Waals surface area (Å²) in [5.41, 5.74) is 3.66. The second-order valence-corrected chi connectivity index (χ2v) is 8.91. The molecule has 0 saturated heterocycles. The summed E-state index contributed by atoms with van der Waals surface area (Å²) < 4.78 is 0. The second kappa shape index (κ2) is 9.50. The summed E-state index contributed by atoms with van der Waals surface area (Å²) >= 11 is 18.3. The third kappa shape index (κ3) is 4.66. The zero-order valence-corrected chi connectivity index (χ0v) is 20.3. The van der Waals surface area contributed by atoms with Crippen molar-refractivity contribution in [2.75, 3.05) is 15.5 Å². The zero-order valence-electron chi connectivity index (χ0n) is 18.1. The molecule has 172 valence electrons. The Labute approximate surface area is 211 Å². The van der Waals surface area contributed by atoms with Crippen molar-refractivity contribution in [1.29, 1.82) is 0 Å². The van der Waals surface area contributed by atoms with Gasteiger partial charge in [-0.05, 0) is 73.5 Å². The van der Waals surface area contributed by atoms with Gasteiger partial charge in [0.25, 0.3) is 17.7 Å². The molecule has 0 spiro atoms. The van der Waals surface area contributed by atoms with Crippen LogP contribution >= 0.6 is 34.8 Å². The first-order valence-corrected chi connectivity index (χ1v) is 11.3. The molecule has 1 aliphatic rings. The molecule has 0 atom stereocenters. The SMILES string of the molecule is Cc1ccc(NC(=O)c2cccc(NC3=C(Cl)C(=O)N(c4ccc(Cl)cc4Cl)C3=O)c2)cc1C. The maximum absolute atomic E-state index is 13.0. The monoisotopic (exact) mass is 513 g/mol. The molecule has 0 aliphatic carbocycles. The molecule has 3 aromatic rings. The lowest BCUT2D eigenvalue weighted by Gasteiger charge is -2.16. The van der Waals surface area contributed by atoms with Crippen LogP contribution in [0.1, 0.15) is 21.5 Å². The zero-order chi connectivity index (χ0) is 24.6. The van der Waals surface area contributed by atoms with Crippen molar-refractivity contribution in [3.05, 3.63) is 98.1 Å². The molecule has 0 fully saturated rings. The number of carbonyl (C=O) groups excluding carboxylic acids is 3. The number of rotatable bonds is 5. The Morgan fingerprint density at radius 1 is 0.824 bits per heavy atom. The predicted octanol–water partition coefficient (Wildman–Crippen LogP) is 6.30. The lowest BCUT2D eigenvalue weighted by Crippen LogP contribution is -2.32. The Bertz CT molecular complexity index is 1380. The number of imide groups is 1. The predicted molar refractivity (Wildman–Crippen MR) is 136 cm³/mol. The van der Waals surface area contributed by atoms with E-state index in [0.29, 0.717) is 22.0 Å². The molecule has 34 heavy (non-hydrogen) atoms. The molecular weight excluding hydrogens is 497 g/mol. The lowest BCUT2D eigenvalue weighted by molar-refractivity contribution is -0.120. The largest absolute Gasteiger partial charge is 0.350 e. The Morgan fingerprint density at radius 2 is 1.59 bits per heavy atom. The van der Waals surface area contributed by atoms with Crippen molar-refractivity contribution in [1.82, 2.24) is 0 Å². The molecule has 3 aromatic carbocycles. The van der Waals surface area contributed by atoms with Crippen LogP contribution in [0.2, 0.25) is 10.0 Å². The highest BCUT2D eigenvalue weighted by Crippen LogP contribution is 2.35. The van der Waals surface area contributed by atoms with E-state index < -0.39 is 11.8 Å². The molecule has 2 N–H and O–H groups in total. The van der Waals surface area contributed by atoms with Crippen molar-refractivity contribution in [2.24, 2.45) is 0 Å². The van der Waals surface area contributed by atoms with E-state index in [-0.39, 0.29) is 27.3 Å². The number of anilines is 3. The van der Waals surface area contributed by atoms with E-state index in [1.165, 1.54) is 18.2 Å². The van der Waals surface area contributed by atoms with Crippen LogP contribution in [0.5, 0.6) is 0 Å². The number of hydrogen-bond acceptors (Lipinski definition) is 4. The van der Waals surface area contributed by atoms with Gasteiger partial charge in [0.1, 0.15) is 10.7 Å². The molecule has 9 heteroatoms. The Balaban J connectivity index is 1.55. The number of carbonyl (C=O) groups is 3. The minimum atomic E-state index is -0.720. The fraction of sp³-hybridized carbons (Fsp3) is 0.0800. The van der Waals surface area contributed by atoms with Gasteiger partial charge in [-0.25, -0.2) is 4.90 Å². The number of nitrogens with zero attached hydrogens (tertiary/aromatic N) is 1. The minimum absolute atomic E-state index is 0.121. The molecule has 6 nitrogen and oxygen atoms in total. The minimum Gasteiger partial charge on any atom is -0.350 e. The Hall–Kier alpha value is -3.32. The molecule has 0 saturated carbocycles. The second-order valence-electron chi connectivity index (χ2n) is 7.69. The molecule has 0 aromatic heterocycles. The van der Waals surface area contributed by atoms with Crippen molar-refractivity contribution in [3.8, 4) is 0 Å². The van der Waals surface area contributed by atoms with E-state index in [1.54, 1.807) is 24.3 Å². The average molecular weight is 515 g/mol. The third-order valence-electron chi connectivity index (χ3n) is 5.34. The maximum atomic E-state index is 13.0. The summed E-state index contributed by atoms with van der Waals surface area (Å²) in [5, 5.41) is 5.92. The van der Waals surface area contributed by atoms with Gasteiger partial charge in [0, 0.05) is 22.0 Å². The first-order valence-electron chi connectivity index (χ1n) is 10.1. The van der Waals surface area contributed by atoms with E-state index in [4.69, 9.17) is 34.8 Å². The van der Waals surface area contributed by atoms with Gasteiger partial charge in [-0.3, -0.25) is 14.4 Å². The van der Waals surface area contributed by atoms with Crippen molar-refractivity contribution >= 4 is 69.6 Å². The fourth-order valence-electron chi connectivity index (χ4n) is 3.40. The molecule has 3 amide bonds. The van der Waals surface area contributed by atoms with E-state index >= 15 is 0 Å². The highest BCUT2D eigenvalue weighted by molar-refractivity contribution is 6.54. The van der Waals surface area contributed by atoms with E-state index in [1.807, 2.05) is 32.0 Å². The number of aryl methyl sites for hydroxylation is 2. The number of amides is 3. The molecular formula is C25H18Cl3N3O3. The van der Waals surface area contributed by atoms with E-state index in [0.717, 1.165) is 16.0 Å². The first kappa shape index (κ1) is 23.8. The van der Waals surface area contributed by atoms with Gasteiger partial charge in [0.15, 0.2) is 0 Å². The standard InChI is InChI=1S/C25H18Cl3N3O3/c1-13-6-8-18(10-14(13)2)30-23(32)15-4-3-5-17(11-15)29-22-21(28)24(33)31(25(22)34)20-9-7-16(26)12-19(20)27/h3-12,29H,1-2H3,(H,30,32). The normalized spacial score (nSPS) is 13.5. The van der Waals surface area contributed by atoms with Crippen LogP contribution in [-0.4, -0.2) is 17.7 Å². The lowest BCUT2D eigenvalue weighted by atomic mass is 10.1. The average Bonchev–Trinajstić information content (AvgIpc) is 3.00. The molecule has 0 bridgehead atoms. The van der Waals surface area contributed by atoms with Crippen LogP contribution in [0, 0.1) is 13.8 Å². The summed E-state index contributed by atoms with van der Waals surface area (Å²) in [4.78, 5) is 39.3. The van der Waals surface area contributed by atoms with Gasteiger partial charge in [0.05, 0.1) is 10.7 Å². The van der Waals surface area contributed by atoms with Crippen LogP contribution < -0.4 is 15.5 Å². The van der Waals surface area contributed by atoms with Gasteiger partial charge >= 0.3 is 0 Å². The topological polar surface area (TPSA) is 78.5 Å². The first-order chi connectivity index (χ1) is 16.2. The number of hydrogen-bond donors (Lipinski definition) is 2. The number of halogens is 3. The molecule has 0 unspecified atom stereocenters. The van der Waals surface area contributed by atoms with Gasteiger partial charge in [0.2, 0.25) is 0 Å². The molecule has 1 heterocycles. The van der Waals surface area contributed by atoms with Gasteiger partial charge in [-0.15, -0.1) is 0 Å². The number of benzene rings is 3. The van der Waals surface area contributed by atoms with Crippen molar-refractivity contribution < 1.29 is 14.4 Å². The Morgan fingerprint density at radius 3 is 2.29 bits per heavy atom. The van der Waals surface area contributed by atoms with Crippen LogP contribution in [0.3, 0.4) is 0 Å². The highest BCUT2D eigenvalue weighted by atomic mass is 35.5. The van der Waals surface area contributed by atoms with Crippen LogP contribution in [0.15, 0.2) is 71.4 Å². The fourth-order valence-corrected chi connectivity index (χ4v) is 4.10. The van der Waals surface area contributed by atoms with Crippen molar-refractivity contribution in [3.63, 3.8) is 0 Å². The summed E-state index contributed by atoms with van der Waals surface area (Å²) in [6, 6.07) is 16.6. The maximum Gasteiger partial charge on any atom is 0.283 e. The quantitative estimate of drug-likeness (QED) is 0.392. The van der Waals surface area contributed by atoms with Crippen LogP contribution in [0.4, 0.5) is 17.1 Å². The molecule has 4 rings (SSSR count). The summed E-state index contributed by atoms with van der Waals surface area (Å²) in [5.74, 6) is -1.72. The summed E-state index contributed by atoms with van der Waals surface area (Å²) in [6.45, 7) is 3.96. The van der Waals surface area contributed by atoms with Gasteiger partial charge < -0.3 is 10.6 Å². The van der Waals surface area contributed by atoms with E-state index in [2.05, 4.69) is 10.6 Å². The summed E-state index contributed by atoms with van der Waals surface area (Å²) in [6.07, 6.45) is 0. The van der Waals surface area contributed by atoms with Crippen molar-refractivity contribution in [2.45, 2.75) is 13.8 Å². The number of nitrogens with one attached hydrogen (secondary N) is 2. The van der Waals surface area contributed by atoms with E-state index in [9.17, 15) is 14.4 Å².